The van der Waals surface area contributed by atoms with Gasteiger partial charge in [-0.25, -0.2) is 4.98 Å². The molecular weight excluding hydrogens is 354 g/mol. The van der Waals surface area contributed by atoms with Crippen molar-refractivity contribution in [3.05, 3.63) is 54.2 Å². The predicted octanol–water partition coefficient (Wildman–Crippen LogP) is 4.63. The highest BCUT2D eigenvalue weighted by Gasteiger charge is 2.18. The van der Waals surface area contributed by atoms with Crippen LogP contribution in [-0.2, 0) is 0 Å². The molecule has 0 radical (unpaired) electrons. The predicted molar refractivity (Wildman–Crippen MR) is 109 cm³/mol. The molecule has 6 heteroatoms. The standard InChI is InChI=1S/C22H21N3O3/c1-13-7-8-16-17(10-13)25-22(24-16)15-6-5-9-23-20(15)14-11-18(26-2)21(28-4)19(12-14)27-3/h5-12H,1-4H3,(H,24,25). The molecule has 0 unspecified atom stereocenters. The number of nitrogens with zero attached hydrogens (tertiary/aromatic N) is 2. The largest absolute Gasteiger partial charge is 0.493 e. The number of imidazole rings is 1. The average molecular weight is 375 g/mol. The van der Waals surface area contributed by atoms with Gasteiger partial charge in [-0.2, -0.15) is 0 Å². The van der Waals surface area contributed by atoms with Crippen LogP contribution in [0.2, 0.25) is 0 Å². The van der Waals surface area contributed by atoms with Crippen LogP contribution in [0.4, 0.5) is 0 Å². The molecule has 0 aliphatic rings. The Kier molecular flexibility index (Phi) is 4.61. The maximum atomic E-state index is 5.49. The number of aromatic nitrogens is 3. The molecule has 0 amide bonds. The summed E-state index contributed by atoms with van der Waals surface area (Å²) < 4.78 is 16.4. The third kappa shape index (κ3) is 3.03. The van der Waals surface area contributed by atoms with Gasteiger partial charge in [0.15, 0.2) is 11.5 Å². The number of aryl methyl sites for hydroxylation is 1. The van der Waals surface area contributed by atoms with Crippen molar-refractivity contribution in [3.8, 4) is 39.9 Å². The first-order chi connectivity index (χ1) is 13.6. The van der Waals surface area contributed by atoms with Crippen molar-refractivity contribution in [1.29, 1.82) is 0 Å². The van der Waals surface area contributed by atoms with Gasteiger partial charge >= 0.3 is 0 Å². The summed E-state index contributed by atoms with van der Waals surface area (Å²) in [5, 5.41) is 0. The van der Waals surface area contributed by atoms with Crippen molar-refractivity contribution in [3.63, 3.8) is 0 Å². The van der Waals surface area contributed by atoms with E-state index < -0.39 is 0 Å². The molecule has 0 aliphatic heterocycles. The highest BCUT2D eigenvalue weighted by Crippen LogP contribution is 2.42. The van der Waals surface area contributed by atoms with E-state index in [1.54, 1.807) is 27.5 Å². The Morgan fingerprint density at radius 2 is 1.64 bits per heavy atom. The quantitative estimate of drug-likeness (QED) is 0.551. The first-order valence-corrected chi connectivity index (χ1v) is 8.86. The second kappa shape index (κ2) is 7.23. The summed E-state index contributed by atoms with van der Waals surface area (Å²) >= 11 is 0. The van der Waals surface area contributed by atoms with Crippen LogP contribution in [0.5, 0.6) is 17.2 Å². The molecule has 2 aromatic carbocycles. The monoisotopic (exact) mass is 375 g/mol. The molecule has 4 rings (SSSR count). The van der Waals surface area contributed by atoms with Crippen LogP contribution < -0.4 is 14.2 Å². The zero-order valence-corrected chi connectivity index (χ0v) is 16.2. The number of benzene rings is 2. The van der Waals surface area contributed by atoms with Gasteiger partial charge in [-0.1, -0.05) is 6.07 Å². The van der Waals surface area contributed by atoms with E-state index in [1.165, 1.54) is 5.56 Å². The van der Waals surface area contributed by atoms with Gasteiger partial charge in [0.2, 0.25) is 5.75 Å². The van der Waals surface area contributed by atoms with Gasteiger partial charge in [0.1, 0.15) is 5.82 Å². The number of ether oxygens (including phenoxy) is 3. The van der Waals surface area contributed by atoms with E-state index in [0.717, 1.165) is 33.7 Å². The highest BCUT2D eigenvalue weighted by atomic mass is 16.5. The Morgan fingerprint density at radius 3 is 2.32 bits per heavy atom. The molecule has 2 heterocycles. The van der Waals surface area contributed by atoms with Crippen molar-refractivity contribution in [2.75, 3.05) is 21.3 Å². The van der Waals surface area contributed by atoms with Crippen LogP contribution in [0.1, 0.15) is 5.56 Å². The molecule has 0 bridgehead atoms. The third-order valence-corrected chi connectivity index (χ3v) is 4.64. The first-order valence-electron chi connectivity index (χ1n) is 8.86. The molecule has 0 spiro atoms. The average Bonchev–Trinajstić information content (AvgIpc) is 3.15. The lowest BCUT2D eigenvalue weighted by Crippen LogP contribution is -1.97. The van der Waals surface area contributed by atoms with E-state index in [4.69, 9.17) is 19.2 Å². The van der Waals surface area contributed by atoms with Crippen molar-refractivity contribution in [2.24, 2.45) is 0 Å². The van der Waals surface area contributed by atoms with Crippen LogP contribution in [0.15, 0.2) is 48.7 Å². The van der Waals surface area contributed by atoms with Gasteiger partial charge in [-0.3, -0.25) is 4.98 Å². The highest BCUT2D eigenvalue weighted by molar-refractivity contribution is 5.85. The summed E-state index contributed by atoms with van der Waals surface area (Å²) in [5.41, 5.74) is 5.61. The van der Waals surface area contributed by atoms with Gasteiger partial charge in [0.25, 0.3) is 0 Å². The third-order valence-electron chi connectivity index (χ3n) is 4.64. The number of methoxy groups -OCH3 is 3. The molecule has 0 saturated heterocycles. The lowest BCUT2D eigenvalue weighted by Gasteiger charge is -2.15. The summed E-state index contributed by atoms with van der Waals surface area (Å²) in [4.78, 5) is 12.8. The van der Waals surface area contributed by atoms with E-state index in [1.807, 2.05) is 30.3 Å². The number of rotatable bonds is 5. The number of fused-ring (bicyclic) bond motifs is 1. The summed E-state index contributed by atoms with van der Waals surface area (Å²) in [6.07, 6.45) is 1.76. The first kappa shape index (κ1) is 17.9. The number of nitrogens with one attached hydrogen (secondary N) is 1. The number of hydrogen-bond donors (Lipinski definition) is 1. The number of H-pyrrole nitrogens is 1. The van der Waals surface area contributed by atoms with Crippen molar-refractivity contribution in [1.82, 2.24) is 15.0 Å². The zero-order chi connectivity index (χ0) is 19.7. The Balaban J connectivity index is 1.90. The lowest BCUT2D eigenvalue weighted by atomic mass is 10.0. The molecule has 0 aliphatic carbocycles. The van der Waals surface area contributed by atoms with Gasteiger partial charge < -0.3 is 19.2 Å². The minimum Gasteiger partial charge on any atom is -0.493 e. The summed E-state index contributed by atoms with van der Waals surface area (Å²) in [7, 11) is 4.78. The molecule has 0 saturated carbocycles. The summed E-state index contributed by atoms with van der Waals surface area (Å²) in [5.74, 6) is 2.46. The van der Waals surface area contributed by atoms with Crippen LogP contribution in [0, 0.1) is 6.92 Å². The van der Waals surface area contributed by atoms with Crippen LogP contribution >= 0.6 is 0 Å². The van der Waals surface area contributed by atoms with Gasteiger partial charge in [0.05, 0.1) is 38.1 Å². The van der Waals surface area contributed by atoms with E-state index in [-0.39, 0.29) is 0 Å². The maximum absolute atomic E-state index is 5.49. The second-order valence-corrected chi connectivity index (χ2v) is 6.42. The molecule has 28 heavy (non-hydrogen) atoms. The fourth-order valence-electron chi connectivity index (χ4n) is 3.30. The Morgan fingerprint density at radius 1 is 0.893 bits per heavy atom. The SMILES string of the molecule is COc1cc(-c2ncccc2-c2nc3ccc(C)cc3[nH]2)cc(OC)c1OC. The van der Waals surface area contributed by atoms with Crippen molar-refractivity contribution in [2.45, 2.75) is 6.92 Å². The minimum atomic E-state index is 0.547. The molecule has 1 N–H and O–H groups in total. The van der Waals surface area contributed by atoms with E-state index in [2.05, 4.69) is 29.0 Å². The maximum Gasteiger partial charge on any atom is 0.203 e. The van der Waals surface area contributed by atoms with E-state index in [0.29, 0.717) is 17.2 Å². The van der Waals surface area contributed by atoms with E-state index in [9.17, 15) is 0 Å². The minimum absolute atomic E-state index is 0.547. The zero-order valence-electron chi connectivity index (χ0n) is 16.2. The van der Waals surface area contributed by atoms with Crippen molar-refractivity contribution < 1.29 is 14.2 Å². The smallest absolute Gasteiger partial charge is 0.203 e. The molecular formula is C22H21N3O3. The van der Waals surface area contributed by atoms with Crippen LogP contribution in [0.3, 0.4) is 0 Å². The Bertz CT molecular complexity index is 1130. The molecule has 2 aromatic heterocycles. The van der Waals surface area contributed by atoms with Gasteiger partial charge in [0, 0.05) is 17.3 Å². The summed E-state index contributed by atoms with van der Waals surface area (Å²) in [6, 6.07) is 13.8. The second-order valence-electron chi connectivity index (χ2n) is 6.42. The molecule has 0 atom stereocenters. The molecule has 4 aromatic rings. The van der Waals surface area contributed by atoms with Gasteiger partial charge in [-0.15, -0.1) is 0 Å². The number of aromatic amines is 1. The van der Waals surface area contributed by atoms with Crippen molar-refractivity contribution >= 4 is 11.0 Å². The fourth-order valence-corrected chi connectivity index (χ4v) is 3.30. The molecule has 142 valence electrons. The van der Waals surface area contributed by atoms with Crippen LogP contribution in [0.25, 0.3) is 33.7 Å². The number of hydrogen-bond acceptors (Lipinski definition) is 5. The molecule has 6 nitrogen and oxygen atoms in total. The Hall–Kier alpha value is -3.54. The Labute approximate surface area is 163 Å². The van der Waals surface area contributed by atoms with E-state index >= 15 is 0 Å². The van der Waals surface area contributed by atoms with Crippen LogP contribution in [-0.4, -0.2) is 36.3 Å². The topological polar surface area (TPSA) is 69.3 Å². The molecule has 0 fully saturated rings. The number of pyridine rings is 1. The van der Waals surface area contributed by atoms with Gasteiger partial charge in [-0.05, 0) is 48.9 Å². The summed E-state index contributed by atoms with van der Waals surface area (Å²) in [6.45, 7) is 2.06. The lowest BCUT2D eigenvalue weighted by molar-refractivity contribution is 0.324. The fraction of sp³-hybridized carbons (Fsp3) is 0.182. The normalized spacial score (nSPS) is 10.9.